The second-order valence-electron chi connectivity index (χ2n) is 16.0. The van der Waals surface area contributed by atoms with Crippen molar-refractivity contribution in [1.82, 2.24) is 9.13 Å². The molecule has 9 rings (SSSR count). The van der Waals surface area contributed by atoms with Gasteiger partial charge in [0.15, 0.2) is 0 Å². The fourth-order valence-corrected chi connectivity index (χ4v) is 8.53. The second kappa shape index (κ2) is 15.7. The summed E-state index contributed by atoms with van der Waals surface area (Å²) in [4.78, 5) is 0. The Morgan fingerprint density at radius 1 is 0.300 bits per heavy atom. The molecule has 2 heterocycles. The highest BCUT2D eigenvalue weighted by atomic mass is 19.4. The van der Waals surface area contributed by atoms with Crippen molar-refractivity contribution in [3.63, 3.8) is 0 Å². The van der Waals surface area contributed by atoms with Crippen LogP contribution < -0.4 is 0 Å². The van der Waals surface area contributed by atoms with Gasteiger partial charge in [0.05, 0.1) is 78.5 Å². The average Bonchev–Trinajstić information content (AvgIpc) is 3.78. The molecule has 9 aromatic rings. The fourth-order valence-electron chi connectivity index (χ4n) is 8.53. The summed E-state index contributed by atoms with van der Waals surface area (Å²) >= 11 is 0. The van der Waals surface area contributed by atoms with Crippen LogP contribution in [-0.4, -0.2) is 9.13 Å². The van der Waals surface area contributed by atoms with E-state index in [4.69, 9.17) is 0 Å². The maximum absolute atomic E-state index is 14.2. The van der Waals surface area contributed by atoms with Crippen molar-refractivity contribution < 1.29 is 79.0 Å². The molecule has 0 radical (unpaired) electrons. The molecule has 0 atom stereocenters. The summed E-state index contributed by atoms with van der Waals surface area (Å²) in [6.07, 6.45) is -30.8. The molecule has 3 nitrogen and oxygen atoms in total. The van der Waals surface area contributed by atoms with E-state index in [2.05, 4.69) is 0 Å². The Morgan fingerprint density at radius 3 is 1.00 bits per heavy atom. The van der Waals surface area contributed by atoms with Gasteiger partial charge in [0.25, 0.3) is 0 Å². The molecule has 21 heteroatoms. The highest BCUT2D eigenvalue weighted by Crippen LogP contribution is 2.47. The van der Waals surface area contributed by atoms with Crippen molar-refractivity contribution in [3.8, 4) is 39.7 Å². The van der Waals surface area contributed by atoms with E-state index in [-0.39, 0.29) is 67.0 Å². The molecule has 0 saturated heterocycles. The highest BCUT2D eigenvalue weighted by molar-refractivity contribution is 6.12. The molecule has 0 N–H and O–H groups in total. The lowest BCUT2D eigenvalue weighted by Crippen LogP contribution is -2.11. The minimum Gasteiger partial charge on any atom is -0.309 e. The maximum Gasteiger partial charge on any atom is 0.416 e. The smallest absolute Gasteiger partial charge is 0.309 e. The van der Waals surface area contributed by atoms with Gasteiger partial charge >= 0.3 is 37.1 Å². The van der Waals surface area contributed by atoms with Gasteiger partial charge in [-0.3, -0.25) is 0 Å². The van der Waals surface area contributed by atoms with Crippen molar-refractivity contribution in [2.24, 2.45) is 0 Å². The number of nitriles is 1. The van der Waals surface area contributed by atoms with Crippen LogP contribution >= 0.6 is 0 Å². The summed E-state index contributed by atoms with van der Waals surface area (Å²) in [5.41, 5.74) is -11.7. The number of fused-ring (bicyclic) bond motifs is 6. The summed E-state index contributed by atoms with van der Waals surface area (Å²) in [6, 6.07) is 17.5. The summed E-state index contributed by atoms with van der Waals surface area (Å²) < 4.78 is 257. The Labute approximate surface area is 379 Å². The number of nitrogens with zero attached hydrogens (tertiary/aromatic N) is 3. The molecule has 0 unspecified atom stereocenters. The van der Waals surface area contributed by atoms with Gasteiger partial charge in [0, 0.05) is 32.7 Å². The van der Waals surface area contributed by atoms with E-state index in [1.54, 1.807) is 0 Å². The van der Waals surface area contributed by atoms with Crippen molar-refractivity contribution in [2.45, 2.75) is 37.1 Å². The van der Waals surface area contributed by atoms with E-state index in [0.29, 0.717) is 60.7 Å². The first kappa shape index (κ1) is 47.4. The van der Waals surface area contributed by atoms with Crippen LogP contribution in [0.3, 0.4) is 0 Å². The zero-order chi connectivity index (χ0) is 50.8. The van der Waals surface area contributed by atoms with Gasteiger partial charge in [-0.05, 0) is 126 Å². The topological polar surface area (TPSA) is 33.6 Å². The van der Waals surface area contributed by atoms with Gasteiger partial charge in [-0.15, -0.1) is 0 Å². The Morgan fingerprint density at radius 2 is 0.657 bits per heavy atom. The van der Waals surface area contributed by atoms with Crippen LogP contribution in [-0.2, 0) is 37.1 Å². The summed E-state index contributed by atoms with van der Waals surface area (Å²) in [6.45, 7) is 0. The van der Waals surface area contributed by atoms with Crippen LogP contribution in [0.5, 0.6) is 0 Å². The molecule has 0 aliphatic carbocycles. The monoisotopic (exact) mass is 993 g/mol. The van der Waals surface area contributed by atoms with Gasteiger partial charge in [-0.25, -0.2) is 0 Å². The summed E-state index contributed by atoms with van der Waals surface area (Å²) in [5.74, 6) is 0. The lowest BCUT2D eigenvalue weighted by molar-refractivity contribution is -0.143. The van der Waals surface area contributed by atoms with Gasteiger partial charge in [-0.2, -0.15) is 84.3 Å². The van der Waals surface area contributed by atoms with Gasteiger partial charge in [0.1, 0.15) is 0 Å². The molecule has 2 aromatic heterocycles. The zero-order valence-electron chi connectivity index (χ0n) is 34.3. The largest absolute Gasteiger partial charge is 0.416 e. The molecule has 358 valence electrons. The van der Waals surface area contributed by atoms with E-state index < -0.39 is 92.3 Å². The highest BCUT2D eigenvalue weighted by Gasteiger charge is 2.39. The van der Waals surface area contributed by atoms with Crippen LogP contribution in [0.15, 0.2) is 127 Å². The first-order valence-electron chi connectivity index (χ1n) is 19.9. The molecular formula is C49H21F18N3. The molecule has 0 saturated carbocycles. The third kappa shape index (κ3) is 8.27. The van der Waals surface area contributed by atoms with E-state index >= 15 is 0 Å². The SMILES string of the molecule is N#Cc1ccc(-n2c3ccc(C(F)(F)F)cc3c3cc(C(F)(F)F)ccc32)c(-c2ccc(-c3cc(C(F)(F)F)cc(C(F)(F)F)c3)cc2-n2c3ccc(C(F)(F)F)cc3c3cc(C(F)(F)F)ccc32)c1. The molecule has 0 spiro atoms. The molecule has 0 aliphatic rings. The van der Waals surface area contributed by atoms with E-state index in [0.717, 1.165) is 47.0 Å². The number of hydrogen-bond acceptors (Lipinski definition) is 1. The Hall–Kier alpha value is -7.63. The lowest BCUT2D eigenvalue weighted by Gasteiger charge is -2.21. The number of rotatable bonds is 4. The molecule has 0 bridgehead atoms. The molecule has 70 heavy (non-hydrogen) atoms. The van der Waals surface area contributed by atoms with E-state index in [9.17, 15) is 84.3 Å². The van der Waals surface area contributed by atoms with Gasteiger partial charge < -0.3 is 9.13 Å². The third-order valence-corrected chi connectivity index (χ3v) is 11.7. The number of alkyl halides is 18. The van der Waals surface area contributed by atoms with Gasteiger partial charge in [0.2, 0.25) is 0 Å². The predicted octanol–water partition coefficient (Wildman–Crippen LogP) is 17.2. The van der Waals surface area contributed by atoms with Crippen LogP contribution in [0.25, 0.3) is 77.2 Å². The molecular weight excluding hydrogens is 973 g/mol. The normalized spacial score (nSPS) is 13.3. The molecule has 0 aliphatic heterocycles. The zero-order valence-corrected chi connectivity index (χ0v) is 34.3. The van der Waals surface area contributed by atoms with E-state index in [1.807, 2.05) is 6.07 Å². The maximum atomic E-state index is 14.2. The van der Waals surface area contributed by atoms with Crippen LogP contribution in [0, 0.1) is 11.3 Å². The Kier molecular flexibility index (Phi) is 10.6. The summed E-state index contributed by atoms with van der Waals surface area (Å²) in [5, 5.41) is 8.52. The second-order valence-corrected chi connectivity index (χ2v) is 16.0. The summed E-state index contributed by atoms with van der Waals surface area (Å²) in [7, 11) is 0. The lowest BCUT2D eigenvalue weighted by atomic mass is 9.93. The standard InChI is InChI=1S/C49H21F18N3/c50-44(51,52)26-3-9-39-34(18-26)35-19-27(45(53,54)55)4-10-40(35)69(39)38-8-1-23(22-68)13-33(38)32-7-2-24(25-14-30(48(62,63)64)17-31(15-25)49(65,66)67)16-43(32)70-41-11-5-28(46(56,57)58)20-36(41)37-21-29(47(59,60)61)6-12-42(37)70/h1-21H. The first-order valence-corrected chi connectivity index (χ1v) is 19.9. The molecule has 0 amide bonds. The van der Waals surface area contributed by atoms with Crippen LogP contribution in [0.4, 0.5) is 79.0 Å². The minimum atomic E-state index is -5.35. The number of aromatic nitrogens is 2. The predicted molar refractivity (Wildman–Crippen MR) is 221 cm³/mol. The van der Waals surface area contributed by atoms with Gasteiger partial charge in [-0.1, -0.05) is 12.1 Å². The number of hydrogen-bond donors (Lipinski definition) is 0. The van der Waals surface area contributed by atoms with Crippen molar-refractivity contribution in [3.05, 3.63) is 166 Å². The number of benzene rings is 7. The molecule has 7 aromatic carbocycles. The first-order chi connectivity index (χ1) is 32.4. The van der Waals surface area contributed by atoms with Crippen molar-refractivity contribution in [1.29, 1.82) is 5.26 Å². The van der Waals surface area contributed by atoms with Crippen LogP contribution in [0.1, 0.15) is 38.9 Å². The van der Waals surface area contributed by atoms with Crippen LogP contribution in [0.2, 0.25) is 0 Å². The Balaban J connectivity index is 1.44. The average molecular weight is 994 g/mol. The number of halogens is 18. The third-order valence-electron chi connectivity index (χ3n) is 11.7. The minimum absolute atomic E-state index is 0.120. The van der Waals surface area contributed by atoms with Crippen molar-refractivity contribution in [2.75, 3.05) is 0 Å². The quantitative estimate of drug-likeness (QED) is 0.162. The van der Waals surface area contributed by atoms with Crippen molar-refractivity contribution >= 4 is 43.6 Å². The Bertz CT molecular complexity index is 3470. The fraction of sp³-hybridized carbons (Fsp3) is 0.122. The van der Waals surface area contributed by atoms with E-state index in [1.165, 1.54) is 22.8 Å². The molecule has 0 fully saturated rings.